The van der Waals surface area contributed by atoms with E-state index in [1.54, 1.807) is 12.1 Å². The fraction of sp³-hybridized carbons (Fsp3) is 0.600. The smallest absolute Gasteiger partial charge is 0.123 e. The molecule has 2 atom stereocenters. The molecule has 0 saturated heterocycles. The van der Waals surface area contributed by atoms with Crippen LogP contribution in [0.15, 0.2) is 12.1 Å². The first kappa shape index (κ1) is 14.2. The summed E-state index contributed by atoms with van der Waals surface area (Å²) in [7, 11) is 0. The van der Waals surface area contributed by atoms with Crippen LogP contribution in [-0.4, -0.2) is 6.54 Å². The van der Waals surface area contributed by atoms with Crippen molar-refractivity contribution < 1.29 is 4.39 Å². The number of hydrogen-bond donors (Lipinski definition) is 1. The molecule has 0 spiro atoms. The van der Waals surface area contributed by atoms with E-state index in [4.69, 9.17) is 0 Å². The molecule has 0 fully saturated rings. The predicted molar refractivity (Wildman–Crippen MR) is 71.7 cm³/mol. The van der Waals surface area contributed by atoms with Crippen molar-refractivity contribution in [3.05, 3.63) is 34.6 Å². The standard InChI is InChI=1S/C15H24FN/c1-6-10(3)15(17-7-2)14-11(4)8-13(16)9-12(14)5/h8-10,15,17H,6-7H2,1-5H3. The maximum absolute atomic E-state index is 13.3. The summed E-state index contributed by atoms with van der Waals surface area (Å²) in [6, 6.07) is 3.59. The van der Waals surface area contributed by atoms with E-state index in [-0.39, 0.29) is 5.82 Å². The SMILES string of the molecule is CCNC(c1c(C)cc(F)cc1C)C(C)CC. The second-order valence-electron chi connectivity index (χ2n) is 4.87. The normalized spacial score (nSPS) is 14.7. The third-order valence-corrected chi connectivity index (χ3v) is 3.51. The molecule has 0 bridgehead atoms. The van der Waals surface area contributed by atoms with Crippen LogP contribution in [0.4, 0.5) is 4.39 Å². The fourth-order valence-electron chi connectivity index (χ4n) is 2.46. The molecular weight excluding hydrogens is 213 g/mol. The van der Waals surface area contributed by atoms with Gasteiger partial charge in [0.05, 0.1) is 0 Å². The molecule has 2 unspecified atom stereocenters. The molecular formula is C15H24FN. The third kappa shape index (κ3) is 3.29. The molecule has 96 valence electrons. The van der Waals surface area contributed by atoms with E-state index in [2.05, 4.69) is 26.1 Å². The summed E-state index contributed by atoms with van der Waals surface area (Å²) in [5.41, 5.74) is 3.37. The van der Waals surface area contributed by atoms with Crippen molar-refractivity contribution in [2.45, 2.75) is 47.1 Å². The Morgan fingerprint density at radius 1 is 1.18 bits per heavy atom. The van der Waals surface area contributed by atoms with Gasteiger partial charge in [0.15, 0.2) is 0 Å². The van der Waals surface area contributed by atoms with Gasteiger partial charge in [0.25, 0.3) is 0 Å². The summed E-state index contributed by atoms with van der Waals surface area (Å²) < 4.78 is 13.3. The average Bonchev–Trinajstić information content (AvgIpc) is 2.25. The van der Waals surface area contributed by atoms with Crippen molar-refractivity contribution in [2.24, 2.45) is 5.92 Å². The van der Waals surface area contributed by atoms with Crippen LogP contribution in [0.3, 0.4) is 0 Å². The minimum atomic E-state index is -0.136. The van der Waals surface area contributed by atoms with Gasteiger partial charge in [-0.1, -0.05) is 27.2 Å². The van der Waals surface area contributed by atoms with E-state index in [1.165, 1.54) is 5.56 Å². The van der Waals surface area contributed by atoms with Crippen molar-refractivity contribution in [3.63, 3.8) is 0 Å². The van der Waals surface area contributed by atoms with Gasteiger partial charge in [-0.05, 0) is 55.1 Å². The topological polar surface area (TPSA) is 12.0 Å². The van der Waals surface area contributed by atoms with Crippen molar-refractivity contribution in [1.82, 2.24) is 5.32 Å². The molecule has 0 aromatic heterocycles. The molecule has 0 saturated carbocycles. The molecule has 1 aromatic rings. The van der Waals surface area contributed by atoms with Gasteiger partial charge in [0.1, 0.15) is 5.82 Å². The highest BCUT2D eigenvalue weighted by Gasteiger charge is 2.20. The number of nitrogens with one attached hydrogen (secondary N) is 1. The molecule has 0 amide bonds. The van der Waals surface area contributed by atoms with Crippen LogP contribution in [0.25, 0.3) is 0 Å². The van der Waals surface area contributed by atoms with Gasteiger partial charge in [0.2, 0.25) is 0 Å². The first-order valence-corrected chi connectivity index (χ1v) is 6.51. The molecule has 1 aromatic carbocycles. The van der Waals surface area contributed by atoms with Crippen molar-refractivity contribution in [3.8, 4) is 0 Å². The number of benzene rings is 1. The van der Waals surface area contributed by atoms with E-state index in [1.807, 2.05) is 13.8 Å². The fourth-order valence-corrected chi connectivity index (χ4v) is 2.46. The van der Waals surface area contributed by atoms with E-state index in [0.717, 1.165) is 24.1 Å². The van der Waals surface area contributed by atoms with Crippen LogP contribution in [0.2, 0.25) is 0 Å². The maximum atomic E-state index is 13.3. The summed E-state index contributed by atoms with van der Waals surface area (Å²) >= 11 is 0. The Morgan fingerprint density at radius 3 is 2.12 bits per heavy atom. The minimum absolute atomic E-state index is 0.136. The number of halogens is 1. The monoisotopic (exact) mass is 237 g/mol. The lowest BCUT2D eigenvalue weighted by Gasteiger charge is -2.27. The first-order chi connectivity index (χ1) is 8.01. The molecule has 2 heteroatoms. The Labute approximate surface area is 104 Å². The van der Waals surface area contributed by atoms with Gasteiger partial charge >= 0.3 is 0 Å². The van der Waals surface area contributed by atoms with E-state index >= 15 is 0 Å². The number of rotatable bonds is 5. The highest BCUT2D eigenvalue weighted by molar-refractivity contribution is 5.37. The molecule has 0 heterocycles. The highest BCUT2D eigenvalue weighted by atomic mass is 19.1. The third-order valence-electron chi connectivity index (χ3n) is 3.51. The largest absolute Gasteiger partial charge is 0.310 e. The number of hydrogen-bond acceptors (Lipinski definition) is 1. The highest BCUT2D eigenvalue weighted by Crippen LogP contribution is 2.30. The van der Waals surface area contributed by atoms with Crippen LogP contribution in [0.1, 0.15) is 49.9 Å². The van der Waals surface area contributed by atoms with E-state index < -0.39 is 0 Å². The lowest BCUT2D eigenvalue weighted by atomic mass is 9.87. The van der Waals surface area contributed by atoms with Crippen LogP contribution in [0.5, 0.6) is 0 Å². The molecule has 0 radical (unpaired) electrons. The van der Waals surface area contributed by atoms with Gasteiger partial charge in [-0.2, -0.15) is 0 Å². The first-order valence-electron chi connectivity index (χ1n) is 6.51. The second kappa shape index (κ2) is 6.15. The van der Waals surface area contributed by atoms with E-state index in [0.29, 0.717) is 12.0 Å². The van der Waals surface area contributed by atoms with Gasteiger partial charge in [-0.25, -0.2) is 4.39 Å². The Balaban J connectivity index is 3.18. The zero-order valence-electron chi connectivity index (χ0n) is 11.6. The molecule has 0 aliphatic rings. The van der Waals surface area contributed by atoms with Crippen LogP contribution in [-0.2, 0) is 0 Å². The molecule has 1 N–H and O–H groups in total. The molecule has 1 nitrogen and oxygen atoms in total. The zero-order chi connectivity index (χ0) is 13.0. The van der Waals surface area contributed by atoms with Crippen molar-refractivity contribution in [2.75, 3.05) is 6.54 Å². The summed E-state index contributed by atoms with van der Waals surface area (Å²) in [6.07, 6.45) is 1.12. The Hall–Kier alpha value is -0.890. The lowest BCUT2D eigenvalue weighted by molar-refractivity contribution is 0.381. The molecule has 0 aliphatic heterocycles. The summed E-state index contributed by atoms with van der Waals surface area (Å²) in [5, 5.41) is 3.53. The minimum Gasteiger partial charge on any atom is -0.310 e. The summed E-state index contributed by atoms with van der Waals surface area (Å²) in [5.74, 6) is 0.418. The Kier molecular flexibility index (Phi) is 5.13. The van der Waals surface area contributed by atoms with Crippen molar-refractivity contribution in [1.29, 1.82) is 0 Å². The van der Waals surface area contributed by atoms with Gasteiger partial charge in [-0.3, -0.25) is 0 Å². The lowest BCUT2D eigenvalue weighted by Crippen LogP contribution is -2.28. The summed E-state index contributed by atoms with van der Waals surface area (Å²) in [4.78, 5) is 0. The quantitative estimate of drug-likeness (QED) is 0.811. The van der Waals surface area contributed by atoms with Gasteiger partial charge in [0, 0.05) is 6.04 Å². The molecule has 17 heavy (non-hydrogen) atoms. The van der Waals surface area contributed by atoms with Crippen LogP contribution in [0, 0.1) is 25.6 Å². The van der Waals surface area contributed by atoms with Crippen molar-refractivity contribution >= 4 is 0 Å². The molecule has 0 aliphatic carbocycles. The van der Waals surface area contributed by atoms with Crippen LogP contribution >= 0.6 is 0 Å². The zero-order valence-corrected chi connectivity index (χ0v) is 11.6. The van der Waals surface area contributed by atoms with E-state index in [9.17, 15) is 4.39 Å². The average molecular weight is 237 g/mol. The van der Waals surface area contributed by atoms with Gasteiger partial charge in [-0.15, -0.1) is 0 Å². The summed E-state index contributed by atoms with van der Waals surface area (Å²) in [6.45, 7) is 11.5. The predicted octanol–water partition coefficient (Wildman–Crippen LogP) is 4.14. The maximum Gasteiger partial charge on any atom is 0.123 e. The second-order valence-corrected chi connectivity index (χ2v) is 4.87. The Morgan fingerprint density at radius 2 is 1.71 bits per heavy atom. The number of aryl methyl sites for hydroxylation is 2. The van der Waals surface area contributed by atoms with Gasteiger partial charge < -0.3 is 5.32 Å². The molecule has 1 rings (SSSR count). The van der Waals surface area contributed by atoms with Crippen LogP contribution < -0.4 is 5.32 Å². The Bertz CT molecular complexity index is 350.